The predicted octanol–water partition coefficient (Wildman–Crippen LogP) is 2.00. The van der Waals surface area contributed by atoms with Crippen LogP contribution in [-0.2, 0) is 11.2 Å². The van der Waals surface area contributed by atoms with Gasteiger partial charge in [-0.25, -0.2) is 17.6 Å². The lowest BCUT2D eigenvalue weighted by Gasteiger charge is -2.14. The average molecular weight is 299 g/mol. The molecule has 108 valence electrons. The van der Waals surface area contributed by atoms with Crippen LogP contribution in [0.2, 0.25) is 0 Å². The monoisotopic (exact) mass is 299 g/mol. The van der Waals surface area contributed by atoms with Gasteiger partial charge in [-0.3, -0.25) is 4.79 Å². The smallest absolute Gasteiger partial charge is 0.454 e. The van der Waals surface area contributed by atoms with Gasteiger partial charge in [0.2, 0.25) is 0 Å². The third kappa shape index (κ3) is 1.84. The molecule has 1 aromatic carbocycles. The molecule has 0 aromatic heterocycles. The van der Waals surface area contributed by atoms with Crippen LogP contribution in [0.5, 0.6) is 0 Å². The van der Waals surface area contributed by atoms with Gasteiger partial charge in [-0.2, -0.15) is 13.2 Å². The van der Waals surface area contributed by atoms with Gasteiger partial charge >= 0.3 is 6.18 Å². The van der Waals surface area contributed by atoms with Crippen LogP contribution >= 0.6 is 0 Å². The zero-order chi connectivity index (χ0) is 15.4. The predicted molar refractivity (Wildman–Crippen MR) is 48.0 cm³/mol. The first kappa shape index (κ1) is 14.4. The molecule has 0 aliphatic heterocycles. The van der Waals surface area contributed by atoms with Gasteiger partial charge in [0.05, 0.1) is 0 Å². The molecular weight excluding hydrogens is 297 g/mol. The first-order valence-corrected chi connectivity index (χ1v) is 4.94. The van der Waals surface area contributed by atoms with E-state index in [1.54, 1.807) is 0 Å². The van der Waals surface area contributed by atoms with Crippen LogP contribution in [0.1, 0.15) is 11.1 Å². The Labute approximate surface area is 106 Å². The van der Waals surface area contributed by atoms with Crippen molar-refractivity contribution in [2.75, 3.05) is 0 Å². The number of alkyl halides is 3. The van der Waals surface area contributed by atoms with Crippen molar-refractivity contribution in [1.29, 1.82) is 0 Å². The molecule has 0 N–H and O–H groups in total. The van der Waals surface area contributed by atoms with Crippen molar-refractivity contribution >= 4 is 11.5 Å². The zero-order valence-corrected chi connectivity index (χ0v) is 9.17. The van der Waals surface area contributed by atoms with E-state index in [4.69, 9.17) is 0 Å². The second kappa shape index (κ2) is 4.22. The minimum atomic E-state index is -5.43. The third-order valence-electron chi connectivity index (χ3n) is 2.75. The molecule has 0 fully saturated rings. The quantitative estimate of drug-likeness (QED) is 0.452. The highest BCUT2D eigenvalue weighted by molar-refractivity contribution is 6.06. The van der Waals surface area contributed by atoms with Crippen LogP contribution in [0.15, 0.2) is 5.57 Å². The highest BCUT2D eigenvalue weighted by atomic mass is 19.4. The van der Waals surface area contributed by atoms with Gasteiger partial charge in [0.25, 0.3) is 5.78 Å². The van der Waals surface area contributed by atoms with E-state index in [0.717, 1.165) is 0 Å². The number of benzene rings is 1. The molecular formula is C11H2F7O2-. The lowest BCUT2D eigenvalue weighted by molar-refractivity contribution is -0.245. The minimum absolute atomic E-state index is 1.10. The highest BCUT2D eigenvalue weighted by Gasteiger charge is 2.43. The summed E-state index contributed by atoms with van der Waals surface area (Å²) in [6.07, 6.45) is -6.68. The molecule has 0 radical (unpaired) electrons. The number of halogens is 7. The molecule has 0 heterocycles. The van der Waals surface area contributed by atoms with Gasteiger partial charge in [-0.15, -0.1) is 0 Å². The molecule has 0 amide bonds. The van der Waals surface area contributed by atoms with Gasteiger partial charge in [-0.1, -0.05) is 5.76 Å². The van der Waals surface area contributed by atoms with Crippen molar-refractivity contribution in [3.8, 4) is 0 Å². The maximum atomic E-state index is 13.3. The summed E-state index contributed by atoms with van der Waals surface area (Å²) in [5, 5.41) is 11.5. The molecule has 1 aliphatic carbocycles. The highest BCUT2D eigenvalue weighted by Crippen LogP contribution is 2.38. The topological polar surface area (TPSA) is 40.1 Å². The summed E-state index contributed by atoms with van der Waals surface area (Å²) in [5.41, 5.74) is -3.96. The summed E-state index contributed by atoms with van der Waals surface area (Å²) < 4.78 is 89.1. The van der Waals surface area contributed by atoms with Crippen molar-refractivity contribution in [2.24, 2.45) is 0 Å². The van der Waals surface area contributed by atoms with Gasteiger partial charge in [0.1, 0.15) is 0 Å². The van der Waals surface area contributed by atoms with E-state index in [2.05, 4.69) is 0 Å². The van der Waals surface area contributed by atoms with Crippen LogP contribution in [0.3, 0.4) is 0 Å². The van der Waals surface area contributed by atoms with Crippen LogP contribution in [0, 0.1) is 23.3 Å². The molecule has 1 aliphatic rings. The number of fused-ring (bicyclic) bond motifs is 1. The Hall–Kier alpha value is -2.06. The number of carbonyl (C=O) groups is 1. The maximum absolute atomic E-state index is 13.3. The van der Waals surface area contributed by atoms with Gasteiger partial charge in [0.15, 0.2) is 23.3 Å². The van der Waals surface area contributed by atoms with E-state index in [1.165, 1.54) is 0 Å². The largest absolute Gasteiger partial charge is 0.872 e. The normalized spacial score (nSPS) is 14.8. The molecule has 0 spiro atoms. The summed E-state index contributed by atoms with van der Waals surface area (Å²) >= 11 is 0. The van der Waals surface area contributed by atoms with Crippen LogP contribution in [0.25, 0.3) is 5.76 Å². The van der Waals surface area contributed by atoms with E-state index in [1.807, 2.05) is 0 Å². The number of ketones is 1. The molecule has 2 nitrogen and oxygen atoms in total. The number of Topliss-reactive ketones (excluding diaryl/α,β-unsaturated/α-hetero) is 1. The first-order valence-electron chi connectivity index (χ1n) is 4.94. The Morgan fingerprint density at radius 3 is 1.95 bits per heavy atom. The molecule has 0 saturated carbocycles. The van der Waals surface area contributed by atoms with Crippen molar-refractivity contribution in [2.45, 2.75) is 12.6 Å². The fourth-order valence-corrected chi connectivity index (χ4v) is 1.84. The zero-order valence-electron chi connectivity index (χ0n) is 9.17. The van der Waals surface area contributed by atoms with Gasteiger partial charge in [0, 0.05) is 23.1 Å². The molecule has 0 bridgehead atoms. The number of hydrogen-bond acceptors (Lipinski definition) is 2. The fourth-order valence-electron chi connectivity index (χ4n) is 1.84. The van der Waals surface area contributed by atoms with Crippen molar-refractivity contribution in [3.63, 3.8) is 0 Å². The second-order valence-electron chi connectivity index (χ2n) is 3.92. The van der Waals surface area contributed by atoms with Crippen LogP contribution < -0.4 is 5.11 Å². The van der Waals surface area contributed by atoms with Gasteiger partial charge in [-0.05, 0) is 0 Å². The summed E-state index contributed by atoms with van der Waals surface area (Å²) in [5.74, 6) is -13.1. The Kier molecular flexibility index (Phi) is 3.03. The number of hydrogen-bond donors (Lipinski definition) is 0. The van der Waals surface area contributed by atoms with E-state index in [0.29, 0.717) is 0 Å². The minimum Gasteiger partial charge on any atom is -0.872 e. The second-order valence-corrected chi connectivity index (χ2v) is 3.92. The Morgan fingerprint density at radius 1 is 0.950 bits per heavy atom. The number of carbonyl (C=O) groups excluding carboxylic acids is 1. The SMILES string of the molecule is O=C(C1=C([O-])c2c(F)c(F)c(F)c(F)c2C1)C(F)(F)F. The summed E-state index contributed by atoms with van der Waals surface area (Å²) in [4.78, 5) is 10.9. The summed E-state index contributed by atoms with van der Waals surface area (Å²) in [6, 6.07) is 0. The molecule has 2 rings (SSSR count). The van der Waals surface area contributed by atoms with Gasteiger partial charge < -0.3 is 5.11 Å². The van der Waals surface area contributed by atoms with Crippen molar-refractivity contribution in [1.82, 2.24) is 0 Å². The molecule has 20 heavy (non-hydrogen) atoms. The molecule has 0 atom stereocenters. The molecule has 9 heteroatoms. The average Bonchev–Trinajstić information content (AvgIpc) is 2.69. The fraction of sp³-hybridized carbons (Fsp3) is 0.182. The Morgan fingerprint density at radius 2 is 1.45 bits per heavy atom. The summed E-state index contributed by atoms with van der Waals surface area (Å²) in [6.45, 7) is 0. The number of rotatable bonds is 1. The lowest BCUT2D eigenvalue weighted by Crippen LogP contribution is -2.26. The standard InChI is InChI=1S/C11H3F7O2/c12-5-2-1-3(10(20)11(16,17)18)9(19)4(2)6(13)8(15)7(5)14/h19H,1H2/p-1. The molecule has 1 aromatic rings. The molecule has 0 saturated heterocycles. The first-order chi connectivity index (χ1) is 9.07. The van der Waals surface area contributed by atoms with Crippen molar-refractivity contribution in [3.05, 3.63) is 40.0 Å². The Balaban J connectivity index is 2.67. The van der Waals surface area contributed by atoms with Crippen LogP contribution in [0.4, 0.5) is 30.7 Å². The van der Waals surface area contributed by atoms with E-state index >= 15 is 0 Å². The van der Waals surface area contributed by atoms with Crippen LogP contribution in [-0.4, -0.2) is 12.0 Å². The lowest BCUT2D eigenvalue weighted by atomic mass is 10.1. The van der Waals surface area contributed by atoms with E-state index in [-0.39, 0.29) is 0 Å². The number of allylic oxidation sites excluding steroid dienone is 1. The van der Waals surface area contributed by atoms with E-state index < -0.39 is 64.1 Å². The Bertz CT molecular complexity index is 658. The summed E-state index contributed by atoms with van der Waals surface area (Å²) in [7, 11) is 0. The molecule has 0 unspecified atom stereocenters. The maximum Gasteiger partial charge on any atom is 0.454 e. The van der Waals surface area contributed by atoms with Crippen molar-refractivity contribution < 1.29 is 40.6 Å². The van der Waals surface area contributed by atoms with E-state index in [9.17, 15) is 40.6 Å². The third-order valence-corrected chi connectivity index (χ3v) is 2.75.